The zero-order chi connectivity index (χ0) is 14.4. The molecule has 0 radical (unpaired) electrons. The van der Waals surface area contributed by atoms with E-state index in [0.29, 0.717) is 6.42 Å². The number of rotatable bonds is 5. The lowest BCUT2D eigenvalue weighted by atomic mass is 10.1. The molecule has 0 bridgehead atoms. The Bertz CT molecular complexity index is 622. The first-order valence-electron chi connectivity index (χ1n) is 6.94. The van der Waals surface area contributed by atoms with E-state index in [4.69, 9.17) is 0 Å². The van der Waals surface area contributed by atoms with Gasteiger partial charge in [0.2, 0.25) is 5.91 Å². The van der Waals surface area contributed by atoms with Crippen LogP contribution >= 0.6 is 0 Å². The number of hydrogen-bond acceptors (Lipinski definition) is 2. The Morgan fingerprint density at radius 1 is 1.25 bits per heavy atom. The summed E-state index contributed by atoms with van der Waals surface area (Å²) in [5.41, 5.74) is 2.92. The Balaban J connectivity index is 1.98. The average Bonchev–Trinajstić information content (AvgIpc) is 2.44. The van der Waals surface area contributed by atoms with Gasteiger partial charge in [0, 0.05) is 18.0 Å². The standard InChI is InChI=1S/C17H20N2O/c1-13(2)7-3-4-11-16(20)19-15-10-5-8-14-9-6-12-18-17(14)15/h5-10,12H,3-4,11H2,1-2H3,(H,19,20). The second-order valence-corrected chi connectivity index (χ2v) is 5.10. The number of nitrogens with zero attached hydrogens (tertiary/aromatic N) is 1. The maximum atomic E-state index is 11.9. The number of amides is 1. The number of allylic oxidation sites excluding steroid dienone is 2. The van der Waals surface area contributed by atoms with Crippen LogP contribution in [0.5, 0.6) is 0 Å². The molecule has 0 saturated heterocycles. The van der Waals surface area contributed by atoms with E-state index >= 15 is 0 Å². The molecule has 0 spiro atoms. The molecule has 104 valence electrons. The summed E-state index contributed by atoms with van der Waals surface area (Å²) < 4.78 is 0. The van der Waals surface area contributed by atoms with Gasteiger partial charge in [-0.05, 0) is 38.8 Å². The van der Waals surface area contributed by atoms with Gasteiger partial charge < -0.3 is 5.32 Å². The summed E-state index contributed by atoms with van der Waals surface area (Å²) in [6, 6.07) is 9.71. The van der Waals surface area contributed by atoms with Crippen molar-refractivity contribution in [3.8, 4) is 0 Å². The van der Waals surface area contributed by atoms with Crippen molar-refractivity contribution in [2.24, 2.45) is 0 Å². The number of carbonyl (C=O) groups is 1. The van der Waals surface area contributed by atoms with E-state index in [1.54, 1.807) is 6.20 Å². The van der Waals surface area contributed by atoms with Gasteiger partial charge in [0.15, 0.2) is 0 Å². The highest BCUT2D eigenvalue weighted by molar-refractivity contribution is 6.00. The summed E-state index contributed by atoms with van der Waals surface area (Å²) in [6.07, 6.45) is 6.26. The molecular formula is C17H20N2O. The van der Waals surface area contributed by atoms with Gasteiger partial charge >= 0.3 is 0 Å². The third kappa shape index (κ3) is 3.92. The highest BCUT2D eigenvalue weighted by atomic mass is 16.1. The summed E-state index contributed by atoms with van der Waals surface area (Å²) in [6.45, 7) is 4.14. The molecule has 0 aliphatic rings. The Hall–Kier alpha value is -2.16. The van der Waals surface area contributed by atoms with E-state index in [9.17, 15) is 4.79 Å². The largest absolute Gasteiger partial charge is 0.324 e. The first-order valence-corrected chi connectivity index (χ1v) is 6.94. The summed E-state index contributed by atoms with van der Waals surface area (Å²) in [5.74, 6) is 0.0466. The second kappa shape index (κ2) is 6.85. The van der Waals surface area contributed by atoms with Crippen LogP contribution < -0.4 is 5.32 Å². The van der Waals surface area contributed by atoms with Crippen molar-refractivity contribution in [1.82, 2.24) is 4.98 Å². The fourth-order valence-corrected chi connectivity index (χ4v) is 2.07. The zero-order valence-electron chi connectivity index (χ0n) is 12.0. The van der Waals surface area contributed by atoms with Gasteiger partial charge in [-0.3, -0.25) is 9.78 Å². The third-order valence-corrected chi connectivity index (χ3v) is 3.07. The third-order valence-electron chi connectivity index (χ3n) is 3.07. The van der Waals surface area contributed by atoms with Crippen LogP contribution in [-0.4, -0.2) is 10.9 Å². The number of pyridine rings is 1. The van der Waals surface area contributed by atoms with Gasteiger partial charge in [-0.2, -0.15) is 0 Å². The van der Waals surface area contributed by atoms with Crippen molar-refractivity contribution >= 4 is 22.5 Å². The van der Waals surface area contributed by atoms with Gasteiger partial charge in [0.1, 0.15) is 0 Å². The molecule has 1 aromatic carbocycles. The molecule has 0 atom stereocenters. The smallest absolute Gasteiger partial charge is 0.224 e. The number of benzene rings is 1. The molecule has 2 rings (SSSR count). The van der Waals surface area contributed by atoms with Crippen LogP contribution in [0.25, 0.3) is 10.9 Å². The van der Waals surface area contributed by atoms with Gasteiger partial charge in [0.25, 0.3) is 0 Å². The molecule has 0 saturated carbocycles. The van der Waals surface area contributed by atoms with E-state index in [0.717, 1.165) is 29.4 Å². The maximum absolute atomic E-state index is 11.9. The minimum absolute atomic E-state index is 0.0466. The molecular weight excluding hydrogens is 248 g/mol. The fourth-order valence-electron chi connectivity index (χ4n) is 2.07. The highest BCUT2D eigenvalue weighted by Gasteiger charge is 2.05. The van der Waals surface area contributed by atoms with Crippen molar-refractivity contribution < 1.29 is 4.79 Å². The molecule has 1 aromatic heterocycles. The van der Waals surface area contributed by atoms with E-state index < -0.39 is 0 Å². The Labute approximate surface area is 119 Å². The number of carbonyl (C=O) groups excluding carboxylic acids is 1. The molecule has 20 heavy (non-hydrogen) atoms. The normalized spacial score (nSPS) is 10.3. The number of nitrogens with one attached hydrogen (secondary N) is 1. The molecule has 0 aliphatic heterocycles. The molecule has 3 nitrogen and oxygen atoms in total. The first kappa shape index (κ1) is 14.3. The highest BCUT2D eigenvalue weighted by Crippen LogP contribution is 2.20. The maximum Gasteiger partial charge on any atom is 0.224 e. The lowest BCUT2D eigenvalue weighted by Crippen LogP contribution is -2.11. The van der Waals surface area contributed by atoms with E-state index in [1.807, 2.05) is 30.3 Å². The summed E-state index contributed by atoms with van der Waals surface area (Å²) >= 11 is 0. The van der Waals surface area contributed by atoms with Crippen molar-refractivity contribution in [3.05, 3.63) is 48.2 Å². The SMILES string of the molecule is CC(C)=CCCCC(=O)Nc1cccc2cccnc12. The number of fused-ring (bicyclic) bond motifs is 1. The van der Waals surface area contributed by atoms with Crippen LogP contribution in [0.1, 0.15) is 33.1 Å². The van der Waals surface area contributed by atoms with E-state index in [-0.39, 0.29) is 5.91 Å². The van der Waals surface area contributed by atoms with Gasteiger partial charge in [0.05, 0.1) is 11.2 Å². The molecule has 3 heteroatoms. The van der Waals surface area contributed by atoms with Crippen LogP contribution in [-0.2, 0) is 4.79 Å². The van der Waals surface area contributed by atoms with Crippen LogP contribution in [0.15, 0.2) is 48.2 Å². The minimum Gasteiger partial charge on any atom is -0.324 e. The number of para-hydroxylation sites is 1. The predicted octanol–water partition coefficient (Wildman–Crippen LogP) is 4.31. The molecule has 2 aromatic rings. The van der Waals surface area contributed by atoms with Crippen molar-refractivity contribution in [3.63, 3.8) is 0 Å². The Kier molecular flexibility index (Phi) is 4.88. The minimum atomic E-state index is 0.0466. The molecule has 1 amide bonds. The van der Waals surface area contributed by atoms with E-state index in [2.05, 4.69) is 30.2 Å². The molecule has 0 aliphatic carbocycles. The van der Waals surface area contributed by atoms with Crippen LogP contribution in [0.4, 0.5) is 5.69 Å². The van der Waals surface area contributed by atoms with Crippen LogP contribution in [0.2, 0.25) is 0 Å². The summed E-state index contributed by atoms with van der Waals surface area (Å²) in [4.78, 5) is 16.3. The van der Waals surface area contributed by atoms with Crippen molar-refractivity contribution in [2.75, 3.05) is 5.32 Å². The van der Waals surface area contributed by atoms with Gasteiger partial charge in [-0.25, -0.2) is 0 Å². The van der Waals surface area contributed by atoms with Crippen molar-refractivity contribution in [2.45, 2.75) is 33.1 Å². The Morgan fingerprint density at radius 2 is 2.05 bits per heavy atom. The van der Waals surface area contributed by atoms with Crippen LogP contribution in [0.3, 0.4) is 0 Å². The monoisotopic (exact) mass is 268 g/mol. The Morgan fingerprint density at radius 3 is 2.85 bits per heavy atom. The first-order chi connectivity index (χ1) is 9.66. The lowest BCUT2D eigenvalue weighted by Gasteiger charge is -2.07. The van der Waals surface area contributed by atoms with Gasteiger partial charge in [-0.1, -0.05) is 29.8 Å². The quantitative estimate of drug-likeness (QED) is 0.648. The summed E-state index contributed by atoms with van der Waals surface area (Å²) in [5, 5.41) is 3.99. The zero-order valence-corrected chi connectivity index (χ0v) is 12.0. The van der Waals surface area contributed by atoms with E-state index in [1.165, 1.54) is 5.57 Å². The lowest BCUT2D eigenvalue weighted by molar-refractivity contribution is -0.116. The molecule has 1 heterocycles. The number of unbranched alkanes of at least 4 members (excludes halogenated alkanes) is 1. The number of aromatic nitrogens is 1. The fraction of sp³-hybridized carbons (Fsp3) is 0.294. The molecule has 1 N–H and O–H groups in total. The predicted molar refractivity (Wildman–Crippen MR) is 83.7 cm³/mol. The van der Waals surface area contributed by atoms with Crippen LogP contribution in [0, 0.1) is 0 Å². The second-order valence-electron chi connectivity index (χ2n) is 5.10. The van der Waals surface area contributed by atoms with Gasteiger partial charge in [-0.15, -0.1) is 0 Å². The molecule has 0 fully saturated rings. The summed E-state index contributed by atoms with van der Waals surface area (Å²) in [7, 11) is 0. The number of anilines is 1. The topological polar surface area (TPSA) is 42.0 Å². The molecule has 0 unspecified atom stereocenters. The number of hydrogen-bond donors (Lipinski definition) is 1. The van der Waals surface area contributed by atoms with Crippen molar-refractivity contribution in [1.29, 1.82) is 0 Å². The average molecular weight is 268 g/mol.